The molecule has 2 N–H and O–H groups in total. The molecule has 2 rings (SSSR count). The van der Waals surface area contributed by atoms with Gasteiger partial charge in [0.15, 0.2) is 5.96 Å². The predicted molar refractivity (Wildman–Crippen MR) is 129 cm³/mol. The normalized spacial score (nSPS) is 11.1. The molecule has 0 atom stereocenters. The smallest absolute Gasteiger partial charge is 0.191 e. The maximum absolute atomic E-state index is 5.49. The maximum atomic E-state index is 5.49. The van der Waals surface area contributed by atoms with Crippen molar-refractivity contribution in [2.45, 2.75) is 33.5 Å². The number of nitrogens with one attached hydrogen (secondary N) is 2. The first kappa shape index (κ1) is 24.2. The minimum atomic E-state index is 0. The van der Waals surface area contributed by atoms with Crippen LogP contribution in [0, 0.1) is 6.92 Å². The van der Waals surface area contributed by atoms with E-state index in [2.05, 4.69) is 85.9 Å². The van der Waals surface area contributed by atoms with Crippen molar-refractivity contribution in [2.75, 3.05) is 27.7 Å². The molecule has 0 aliphatic heterocycles. The molecule has 0 radical (unpaired) electrons. The number of nitrogens with zero attached hydrogens (tertiary/aromatic N) is 2. The van der Waals surface area contributed by atoms with Gasteiger partial charge >= 0.3 is 0 Å². The highest BCUT2D eigenvalue weighted by molar-refractivity contribution is 14.0. The summed E-state index contributed by atoms with van der Waals surface area (Å²) < 4.78 is 5.49. The Kier molecular flexibility index (Phi) is 10.9. The topological polar surface area (TPSA) is 48.9 Å². The number of hydrogen-bond donors (Lipinski definition) is 2. The second-order valence-corrected chi connectivity index (χ2v) is 6.92. The average Bonchev–Trinajstić information content (AvgIpc) is 2.64. The SMILES string of the molecule is CCNC(=NCc1cccc(CN(C)C)c1)NCc1ccc(C)cc1OC.I. The molecule has 0 aromatic heterocycles. The largest absolute Gasteiger partial charge is 0.496 e. The van der Waals surface area contributed by atoms with Gasteiger partial charge in [0, 0.05) is 25.2 Å². The lowest BCUT2D eigenvalue weighted by Crippen LogP contribution is -2.36. The van der Waals surface area contributed by atoms with E-state index in [1.165, 1.54) is 16.7 Å². The van der Waals surface area contributed by atoms with E-state index in [4.69, 9.17) is 9.73 Å². The molecule has 6 heteroatoms. The van der Waals surface area contributed by atoms with E-state index in [0.29, 0.717) is 13.1 Å². The predicted octanol–water partition coefficient (Wildman–Crippen LogP) is 3.94. The fraction of sp³-hybridized carbons (Fsp3) is 0.409. The van der Waals surface area contributed by atoms with Crippen LogP contribution < -0.4 is 15.4 Å². The van der Waals surface area contributed by atoms with E-state index < -0.39 is 0 Å². The molecule has 0 amide bonds. The third kappa shape index (κ3) is 8.06. The molecule has 0 fully saturated rings. The van der Waals surface area contributed by atoms with Crippen LogP contribution in [0.15, 0.2) is 47.5 Å². The van der Waals surface area contributed by atoms with Gasteiger partial charge in [0.1, 0.15) is 5.75 Å². The molecular formula is C22H33IN4O. The Morgan fingerprint density at radius 1 is 1.07 bits per heavy atom. The van der Waals surface area contributed by atoms with E-state index in [1.807, 2.05) is 0 Å². The van der Waals surface area contributed by atoms with Crippen LogP contribution in [0.3, 0.4) is 0 Å². The Morgan fingerprint density at radius 3 is 2.50 bits per heavy atom. The zero-order valence-corrected chi connectivity index (χ0v) is 19.9. The highest BCUT2D eigenvalue weighted by Gasteiger charge is 2.05. The summed E-state index contributed by atoms with van der Waals surface area (Å²) in [6.45, 7) is 7.19. The van der Waals surface area contributed by atoms with Gasteiger partial charge in [-0.3, -0.25) is 0 Å². The van der Waals surface area contributed by atoms with Crippen molar-refractivity contribution in [3.8, 4) is 5.75 Å². The second kappa shape index (κ2) is 12.6. The third-order valence-corrected chi connectivity index (χ3v) is 4.14. The van der Waals surface area contributed by atoms with E-state index in [9.17, 15) is 0 Å². The minimum Gasteiger partial charge on any atom is -0.496 e. The molecule has 0 heterocycles. The molecule has 0 aliphatic carbocycles. The van der Waals surface area contributed by atoms with Crippen molar-refractivity contribution in [1.82, 2.24) is 15.5 Å². The molecule has 0 unspecified atom stereocenters. The molecule has 2 aromatic carbocycles. The highest BCUT2D eigenvalue weighted by atomic mass is 127. The van der Waals surface area contributed by atoms with Crippen molar-refractivity contribution < 1.29 is 4.74 Å². The van der Waals surface area contributed by atoms with Gasteiger partial charge in [-0.25, -0.2) is 4.99 Å². The van der Waals surface area contributed by atoms with Crippen LogP contribution in [-0.4, -0.2) is 38.6 Å². The lowest BCUT2D eigenvalue weighted by molar-refractivity contribution is 0.402. The van der Waals surface area contributed by atoms with Gasteiger partial charge in [0.2, 0.25) is 0 Å². The number of aliphatic imine (C=N–C) groups is 1. The van der Waals surface area contributed by atoms with Crippen molar-refractivity contribution >= 4 is 29.9 Å². The van der Waals surface area contributed by atoms with Gasteiger partial charge in [-0.05, 0) is 50.7 Å². The Morgan fingerprint density at radius 2 is 1.82 bits per heavy atom. The number of guanidine groups is 1. The lowest BCUT2D eigenvalue weighted by atomic mass is 10.1. The Bertz CT molecular complexity index is 762. The van der Waals surface area contributed by atoms with Crippen molar-refractivity contribution in [3.05, 3.63) is 64.7 Å². The summed E-state index contributed by atoms with van der Waals surface area (Å²) in [6, 6.07) is 14.8. The molecule has 28 heavy (non-hydrogen) atoms. The van der Waals surface area contributed by atoms with Gasteiger partial charge in [0.05, 0.1) is 13.7 Å². The molecular weight excluding hydrogens is 463 g/mol. The summed E-state index contributed by atoms with van der Waals surface area (Å²) in [7, 11) is 5.87. The number of methoxy groups -OCH3 is 1. The van der Waals surface area contributed by atoms with Crippen molar-refractivity contribution in [2.24, 2.45) is 4.99 Å². The van der Waals surface area contributed by atoms with Crippen molar-refractivity contribution in [3.63, 3.8) is 0 Å². The summed E-state index contributed by atoms with van der Waals surface area (Å²) in [5.41, 5.74) is 4.81. The number of benzene rings is 2. The number of halogens is 1. The van der Waals surface area contributed by atoms with Crippen LogP contribution >= 0.6 is 24.0 Å². The summed E-state index contributed by atoms with van der Waals surface area (Å²) in [6.07, 6.45) is 0. The average molecular weight is 496 g/mol. The van der Waals surface area contributed by atoms with Gasteiger partial charge in [-0.1, -0.05) is 36.4 Å². The summed E-state index contributed by atoms with van der Waals surface area (Å²) in [5, 5.41) is 6.71. The van der Waals surface area contributed by atoms with Gasteiger partial charge in [-0.15, -0.1) is 24.0 Å². The summed E-state index contributed by atoms with van der Waals surface area (Å²) >= 11 is 0. The van der Waals surface area contributed by atoms with Crippen LogP contribution in [0.4, 0.5) is 0 Å². The molecule has 0 bridgehead atoms. The quantitative estimate of drug-likeness (QED) is 0.330. The third-order valence-electron chi connectivity index (χ3n) is 4.14. The number of aryl methyl sites for hydroxylation is 1. The van der Waals surface area contributed by atoms with Crippen LogP contribution in [0.5, 0.6) is 5.75 Å². The van der Waals surface area contributed by atoms with E-state index in [1.54, 1.807) is 7.11 Å². The van der Waals surface area contributed by atoms with Gasteiger partial charge in [-0.2, -0.15) is 0 Å². The second-order valence-electron chi connectivity index (χ2n) is 6.92. The zero-order chi connectivity index (χ0) is 19.6. The van der Waals surface area contributed by atoms with Crippen LogP contribution in [0.2, 0.25) is 0 Å². The Balaban J connectivity index is 0.00000392. The zero-order valence-electron chi connectivity index (χ0n) is 17.6. The highest BCUT2D eigenvalue weighted by Crippen LogP contribution is 2.19. The Labute approximate surface area is 186 Å². The summed E-state index contributed by atoms with van der Waals surface area (Å²) in [5.74, 6) is 1.70. The Hall–Kier alpha value is -1.80. The standard InChI is InChI=1S/C22H32N4O.HI/c1-6-23-22(25-15-20-11-10-17(2)12-21(20)27-5)24-14-18-8-7-9-19(13-18)16-26(3)4;/h7-13H,6,14-16H2,1-5H3,(H2,23,24,25);1H. The van der Waals surface area contributed by atoms with Gasteiger partial charge < -0.3 is 20.3 Å². The van der Waals surface area contributed by atoms with E-state index in [-0.39, 0.29) is 24.0 Å². The minimum absolute atomic E-state index is 0. The molecule has 0 saturated heterocycles. The number of hydrogen-bond acceptors (Lipinski definition) is 3. The first-order valence-electron chi connectivity index (χ1n) is 9.40. The first-order chi connectivity index (χ1) is 13.0. The van der Waals surface area contributed by atoms with Crippen LogP contribution in [0.25, 0.3) is 0 Å². The van der Waals surface area contributed by atoms with Crippen molar-refractivity contribution in [1.29, 1.82) is 0 Å². The first-order valence-corrected chi connectivity index (χ1v) is 9.40. The molecule has 154 valence electrons. The van der Waals surface area contributed by atoms with E-state index in [0.717, 1.165) is 30.4 Å². The van der Waals surface area contributed by atoms with Gasteiger partial charge in [0.25, 0.3) is 0 Å². The van der Waals surface area contributed by atoms with E-state index >= 15 is 0 Å². The molecule has 0 spiro atoms. The monoisotopic (exact) mass is 496 g/mol. The molecule has 2 aromatic rings. The van der Waals surface area contributed by atoms with Crippen LogP contribution in [0.1, 0.15) is 29.2 Å². The number of rotatable bonds is 8. The summed E-state index contributed by atoms with van der Waals surface area (Å²) in [4.78, 5) is 6.90. The molecule has 0 aliphatic rings. The fourth-order valence-corrected chi connectivity index (χ4v) is 2.88. The maximum Gasteiger partial charge on any atom is 0.191 e. The molecule has 5 nitrogen and oxygen atoms in total. The fourth-order valence-electron chi connectivity index (χ4n) is 2.88. The number of ether oxygens (including phenoxy) is 1. The lowest BCUT2D eigenvalue weighted by Gasteiger charge is -2.14. The van der Waals surface area contributed by atoms with Crippen LogP contribution in [-0.2, 0) is 19.6 Å². The molecule has 0 saturated carbocycles.